The largest absolute Gasteiger partial charge is 0.489 e. The second-order valence-corrected chi connectivity index (χ2v) is 9.58. The van der Waals surface area contributed by atoms with Crippen molar-refractivity contribution in [3.63, 3.8) is 0 Å². The first-order valence-corrected chi connectivity index (χ1v) is 11.7. The van der Waals surface area contributed by atoms with Crippen LogP contribution in [0.15, 0.2) is 30.6 Å². The van der Waals surface area contributed by atoms with Gasteiger partial charge in [-0.2, -0.15) is 9.37 Å². The van der Waals surface area contributed by atoms with E-state index in [1.54, 1.807) is 4.90 Å². The molecule has 0 N–H and O–H groups in total. The molecular formula is C25H30F3N3O3. The van der Waals surface area contributed by atoms with E-state index in [0.29, 0.717) is 50.4 Å². The number of hydrogen-bond donors (Lipinski definition) is 0. The smallest absolute Gasteiger partial charge is 0.278 e. The second kappa shape index (κ2) is 9.80. The summed E-state index contributed by atoms with van der Waals surface area (Å²) < 4.78 is 51.7. The van der Waals surface area contributed by atoms with Crippen LogP contribution in [0.3, 0.4) is 0 Å². The fourth-order valence-corrected chi connectivity index (χ4v) is 4.21. The third kappa shape index (κ3) is 5.98. The van der Waals surface area contributed by atoms with Gasteiger partial charge in [0.05, 0.1) is 6.54 Å². The number of aromatic nitrogens is 2. The van der Waals surface area contributed by atoms with E-state index in [-0.39, 0.29) is 23.6 Å². The van der Waals surface area contributed by atoms with Crippen LogP contribution < -0.4 is 14.4 Å². The molecule has 184 valence electrons. The van der Waals surface area contributed by atoms with Gasteiger partial charge < -0.3 is 14.4 Å². The van der Waals surface area contributed by atoms with Gasteiger partial charge in [-0.3, -0.25) is 4.79 Å². The molecule has 1 aromatic heterocycles. The highest BCUT2D eigenvalue weighted by Crippen LogP contribution is 2.41. The fraction of sp³-hybridized carbons (Fsp3) is 0.560. The Morgan fingerprint density at radius 2 is 1.97 bits per heavy atom. The van der Waals surface area contributed by atoms with Crippen LogP contribution in [0.5, 0.6) is 11.6 Å². The second-order valence-electron chi connectivity index (χ2n) is 9.58. The Morgan fingerprint density at radius 1 is 1.26 bits per heavy atom. The minimum absolute atomic E-state index is 0.00295. The van der Waals surface area contributed by atoms with Gasteiger partial charge in [0.1, 0.15) is 24.0 Å². The van der Waals surface area contributed by atoms with Crippen molar-refractivity contribution in [1.29, 1.82) is 0 Å². The lowest BCUT2D eigenvalue weighted by Crippen LogP contribution is -2.27. The number of rotatable bonds is 10. The molecule has 6 nitrogen and oxygen atoms in total. The van der Waals surface area contributed by atoms with E-state index in [1.165, 1.54) is 0 Å². The van der Waals surface area contributed by atoms with E-state index in [4.69, 9.17) is 9.47 Å². The van der Waals surface area contributed by atoms with E-state index < -0.39 is 24.2 Å². The average Bonchev–Trinajstić information content (AvgIpc) is 3.28. The number of carbonyl (C=O) groups is 1. The van der Waals surface area contributed by atoms with E-state index >= 15 is 0 Å². The Bertz CT molecular complexity index is 1010. The van der Waals surface area contributed by atoms with E-state index in [1.807, 2.05) is 31.2 Å². The Labute approximate surface area is 197 Å². The zero-order valence-electron chi connectivity index (χ0n) is 19.6. The Balaban J connectivity index is 1.32. The van der Waals surface area contributed by atoms with Gasteiger partial charge in [0.2, 0.25) is 5.82 Å². The number of benzene rings is 1. The van der Waals surface area contributed by atoms with Crippen molar-refractivity contribution in [3.05, 3.63) is 42.0 Å². The van der Waals surface area contributed by atoms with Gasteiger partial charge >= 0.3 is 0 Å². The van der Waals surface area contributed by atoms with Gasteiger partial charge in [-0.1, -0.05) is 26.0 Å². The standard InChI is InChI=1S/C25H30F3N3O3/c1-15-10-18(15)11-21(32)16(2)17-4-6-19(7-5-17)34-20-8-9-31(12-20)23-22(26)24(30-14-29-23)33-13-25(3,27)28/h4-7,14-16,18,20H,8-13H2,1-3H3/t15?,16?,18?,20-/m1/s1. The molecule has 1 aromatic carbocycles. The summed E-state index contributed by atoms with van der Waals surface area (Å²) in [5.74, 6) is -2.46. The SMILES string of the molecule is CC(C(=O)CC1CC1C)c1ccc(O[C@@H]2CCN(c3ncnc(OCC(C)(F)F)c3F)C2)cc1. The van der Waals surface area contributed by atoms with Crippen molar-refractivity contribution in [2.24, 2.45) is 11.8 Å². The van der Waals surface area contributed by atoms with Gasteiger partial charge in [0.15, 0.2) is 12.4 Å². The predicted octanol–water partition coefficient (Wildman–Crippen LogP) is 5.03. The highest BCUT2D eigenvalue weighted by molar-refractivity contribution is 5.85. The molecule has 0 bridgehead atoms. The third-order valence-corrected chi connectivity index (χ3v) is 6.55. The van der Waals surface area contributed by atoms with Crippen molar-refractivity contribution in [3.8, 4) is 11.6 Å². The van der Waals surface area contributed by atoms with Crippen molar-refractivity contribution < 1.29 is 27.4 Å². The number of nitrogens with zero attached hydrogens (tertiary/aromatic N) is 3. The maximum absolute atomic E-state index is 14.7. The highest BCUT2D eigenvalue weighted by Gasteiger charge is 2.35. The lowest BCUT2D eigenvalue weighted by Gasteiger charge is -2.20. The van der Waals surface area contributed by atoms with Crippen LogP contribution in [-0.2, 0) is 4.79 Å². The molecule has 1 saturated carbocycles. The topological polar surface area (TPSA) is 64.5 Å². The summed E-state index contributed by atoms with van der Waals surface area (Å²) in [7, 11) is 0. The maximum Gasteiger partial charge on any atom is 0.278 e. The van der Waals surface area contributed by atoms with Gasteiger partial charge in [-0.05, 0) is 36.0 Å². The highest BCUT2D eigenvalue weighted by atomic mass is 19.3. The van der Waals surface area contributed by atoms with Crippen LogP contribution >= 0.6 is 0 Å². The quantitative estimate of drug-likeness (QED) is 0.479. The van der Waals surface area contributed by atoms with Gasteiger partial charge in [0, 0.05) is 32.2 Å². The molecule has 2 aliphatic rings. The van der Waals surface area contributed by atoms with Gasteiger partial charge in [-0.25, -0.2) is 13.8 Å². The monoisotopic (exact) mass is 477 g/mol. The third-order valence-electron chi connectivity index (χ3n) is 6.55. The number of alkyl halides is 2. The van der Waals surface area contributed by atoms with Crippen LogP contribution in [0.25, 0.3) is 0 Å². The molecule has 4 rings (SSSR count). The minimum Gasteiger partial charge on any atom is -0.489 e. The Kier molecular flexibility index (Phi) is 7.00. The van der Waals surface area contributed by atoms with Crippen LogP contribution in [0.1, 0.15) is 51.5 Å². The molecule has 0 amide bonds. The van der Waals surface area contributed by atoms with Crippen LogP contribution in [0, 0.1) is 17.7 Å². The van der Waals surface area contributed by atoms with Crippen molar-refractivity contribution >= 4 is 11.6 Å². The zero-order chi connectivity index (χ0) is 24.5. The number of ketones is 1. The van der Waals surface area contributed by atoms with Crippen LogP contribution in [-0.4, -0.2) is 47.5 Å². The summed E-state index contributed by atoms with van der Waals surface area (Å²) in [6.07, 6.45) is 3.33. The summed E-state index contributed by atoms with van der Waals surface area (Å²) in [5, 5.41) is 0. The first kappa shape index (κ1) is 24.3. The molecule has 0 radical (unpaired) electrons. The van der Waals surface area contributed by atoms with Gasteiger partial charge in [-0.15, -0.1) is 0 Å². The number of Topliss-reactive ketones (excluding diaryl/α,β-unsaturated/α-hetero) is 1. The average molecular weight is 478 g/mol. The van der Waals surface area contributed by atoms with Gasteiger partial charge in [0.25, 0.3) is 11.8 Å². The number of halogens is 3. The van der Waals surface area contributed by atoms with E-state index in [0.717, 1.165) is 18.3 Å². The van der Waals surface area contributed by atoms with Crippen molar-refractivity contribution in [1.82, 2.24) is 9.97 Å². The Hall–Kier alpha value is -2.84. The molecular weight excluding hydrogens is 447 g/mol. The van der Waals surface area contributed by atoms with E-state index in [9.17, 15) is 18.0 Å². The van der Waals surface area contributed by atoms with Crippen molar-refractivity contribution in [2.75, 3.05) is 24.6 Å². The first-order chi connectivity index (χ1) is 16.1. The molecule has 1 saturated heterocycles. The Morgan fingerprint density at radius 3 is 2.62 bits per heavy atom. The van der Waals surface area contributed by atoms with Crippen molar-refractivity contribution in [2.45, 2.75) is 58.0 Å². The zero-order valence-corrected chi connectivity index (χ0v) is 19.6. The molecule has 9 heteroatoms. The first-order valence-electron chi connectivity index (χ1n) is 11.7. The molecule has 2 aromatic rings. The molecule has 0 spiro atoms. The maximum atomic E-state index is 14.7. The number of anilines is 1. The summed E-state index contributed by atoms with van der Waals surface area (Å²) in [6, 6.07) is 7.53. The summed E-state index contributed by atoms with van der Waals surface area (Å²) in [4.78, 5) is 21.8. The minimum atomic E-state index is -3.10. The van der Waals surface area contributed by atoms with Crippen LogP contribution in [0.4, 0.5) is 19.0 Å². The molecule has 3 unspecified atom stereocenters. The molecule has 1 aliphatic carbocycles. The molecule has 34 heavy (non-hydrogen) atoms. The normalized spacial score (nSPS) is 23.0. The number of carbonyl (C=O) groups excluding carboxylic acids is 1. The fourth-order valence-electron chi connectivity index (χ4n) is 4.21. The summed E-state index contributed by atoms with van der Waals surface area (Å²) >= 11 is 0. The van der Waals surface area contributed by atoms with Crippen LogP contribution in [0.2, 0.25) is 0 Å². The molecule has 2 heterocycles. The lowest BCUT2D eigenvalue weighted by molar-refractivity contribution is -0.120. The lowest BCUT2D eigenvalue weighted by atomic mass is 9.93. The molecule has 4 atom stereocenters. The summed E-state index contributed by atoms with van der Waals surface area (Å²) in [6.45, 7) is 4.72. The predicted molar refractivity (Wildman–Crippen MR) is 121 cm³/mol. The molecule has 1 aliphatic heterocycles. The molecule has 2 fully saturated rings. The van der Waals surface area contributed by atoms with E-state index in [2.05, 4.69) is 16.9 Å². The number of hydrogen-bond acceptors (Lipinski definition) is 6. The summed E-state index contributed by atoms with van der Waals surface area (Å²) in [5.41, 5.74) is 0.965. The number of ether oxygens (including phenoxy) is 2.